The van der Waals surface area contributed by atoms with Gasteiger partial charge in [-0.2, -0.15) is 0 Å². The number of hydrogen-bond donors (Lipinski definition) is 2. The summed E-state index contributed by atoms with van der Waals surface area (Å²) in [5.74, 6) is -0.454. The molecular formula is C21H24N4O2S. The summed E-state index contributed by atoms with van der Waals surface area (Å²) in [7, 11) is 0. The monoisotopic (exact) mass is 396 g/mol. The minimum absolute atomic E-state index is 0.253. The van der Waals surface area contributed by atoms with Crippen molar-refractivity contribution in [2.24, 2.45) is 0 Å². The van der Waals surface area contributed by atoms with Gasteiger partial charge in [-0.05, 0) is 39.0 Å². The van der Waals surface area contributed by atoms with Crippen molar-refractivity contribution in [3.8, 4) is 5.69 Å². The lowest BCUT2D eigenvalue weighted by atomic mass is 10.2. The molecule has 3 rings (SSSR count). The Morgan fingerprint density at radius 2 is 1.68 bits per heavy atom. The topological polar surface area (TPSA) is 76.0 Å². The Labute approximate surface area is 168 Å². The molecule has 0 aliphatic heterocycles. The minimum atomic E-state index is -0.355. The normalized spacial score (nSPS) is 10.9. The summed E-state index contributed by atoms with van der Waals surface area (Å²) in [6.45, 7) is 9.70. The van der Waals surface area contributed by atoms with Gasteiger partial charge in [-0.1, -0.05) is 32.0 Å². The molecule has 7 heteroatoms. The van der Waals surface area contributed by atoms with E-state index >= 15 is 0 Å². The molecule has 2 amide bonds. The predicted molar refractivity (Wildman–Crippen MR) is 111 cm³/mol. The predicted octanol–water partition coefficient (Wildman–Crippen LogP) is 4.06. The first-order chi connectivity index (χ1) is 13.3. The molecule has 0 saturated carbocycles. The van der Waals surface area contributed by atoms with Gasteiger partial charge in [0.25, 0.3) is 11.8 Å². The van der Waals surface area contributed by atoms with E-state index in [1.807, 2.05) is 68.7 Å². The van der Waals surface area contributed by atoms with E-state index < -0.39 is 0 Å². The van der Waals surface area contributed by atoms with Gasteiger partial charge in [0.1, 0.15) is 4.88 Å². The molecule has 0 aliphatic rings. The minimum Gasteiger partial charge on any atom is -0.318 e. The highest BCUT2D eigenvalue weighted by atomic mass is 32.1. The summed E-state index contributed by atoms with van der Waals surface area (Å²) >= 11 is 1.35. The van der Waals surface area contributed by atoms with Crippen molar-refractivity contribution >= 4 is 23.2 Å². The molecule has 2 heterocycles. The van der Waals surface area contributed by atoms with Gasteiger partial charge >= 0.3 is 0 Å². The van der Waals surface area contributed by atoms with Crippen LogP contribution in [0.1, 0.15) is 61.9 Å². The van der Waals surface area contributed by atoms with Crippen LogP contribution in [0.15, 0.2) is 36.4 Å². The highest BCUT2D eigenvalue weighted by Crippen LogP contribution is 2.24. The van der Waals surface area contributed by atoms with Crippen LogP contribution in [0.3, 0.4) is 0 Å². The zero-order chi connectivity index (χ0) is 20.4. The Bertz CT molecular complexity index is 1020. The maximum atomic E-state index is 12.6. The first-order valence-electron chi connectivity index (χ1n) is 9.12. The smallest absolute Gasteiger partial charge is 0.281 e. The Morgan fingerprint density at radius 3 is 2.29 bits per heavy atom. The molecule has 0 bridgehead atoms. The molecule has 0 spiro atoms. The number of nitrogens with zero attached hydrogens (tertiary/aromatic N) is 2. The molecular weight excluding hydrogens is 372 g/mol. The van der Waals surface area contributed by atoms with Gasteiger partial charge in [0.2, 0.25) is 0 Å². The lowest BCUT2D eigenvalue weighted by Gasteiger charge is -2.10. The molecule has 146 valence electrons. The Hall–Kier alpha value is -2.93. The van der Waals surface area contributed by atoms with E-state index in [1.54, 1.807) is 6.92 Å². The van der Waals surface area contributed by atoms with Crippen molar-refractivity contribution < 1.29 is 9.59 Å². The molecule has 6 nitrogen and oxygen atoms in total. The number of aryl methyl sites for hydroxylation is 2. The van der Waals surface area contributed by atoms with Gasteiger partial charge in [-0.25, -0.2) is 4.98 Å². The van der Waals surface area contributed by atoms with E-state index in [2.05, 4.69) is 15.8 Å². The third-order valence-electron chi connectivity index (χ3n) is 4.49. The van der Waals surface area contributed by atoms with Crippen molar-refractivity contribution in [3.63, 3.8) is 0 Å². The average molecular weight is 397 g/mol. The molecule has 2 aromatic heterocycles. The quantitative estimate of drug-likeness (QED) is 0.653. The first kappa shape index (κ1) is 19.8. The van der Waals surface area contributed by atoms with Crippen LogP contribution in [0, 0.1) is 20.8 Å². The number of para-hydroxylation sites is 1. The number of benzene rings is 1. The Morgan fingerprint density at radius 1 is 1.04 bits per heavy atom. The van der Waals surface area contributed by atoms with E-state index in [-0.39, 0.29) is 17.7 Å². The molecule has 28 heavy (non-hydrogen) atoms. The number of rotatable bonds is 4. The molecule has 1 aromatic carbocycles. The molecule has 0 unspecified atom stereocenters. The van der Waals surface area contributed by atoms with Gasteiger partial charge in [-0.15, -0.1) is 11.3 Å². The molecule has 0 aliphatic carbocycles. The number of amides is 2. The molecule has 0 radical (unpaired) electrons. The lowest BCUT2D eigenvalue weighted by Crippen LogP contribution is -2.41. The van der Waals surface area contributed by atoms with Crippen LogP contribution in [0.4, 0.5) is 0 Å². The van der Waals surface area contributed by atoms with E-state index in [9.17, 15) is 9.59 Å². The first-order valence-corrected chi connectivity index (χ1v) is 9.93. The zero-order valence-electron chi connectivity index (χ0n) is 16.7. The highest BCUT2D eigenvalue weighted by Gasteiger charge is 2.20. The summed E-state index contributed by atoms with van der Waals surface area (Å²) in [6, 6.07) is 11.7. The van der Waals surface area contributed by atoms with Crippen LogP contribution < -0.4 is 10.9 Å². The van der Waals surface area contributed by atoms with E-state index in [0.29, 0.717) is 16.1 Å². The van der Waals surface area contributed by atoms with E-state index in [1.165, 1.54) is 11.3 Å². The van der Waals surface area contributed by atoms with Crippen LogP contribution >= 0.6 is 11.3 Å². The van der Waals surface area contributed by atoms with Gasteiger partial charge in [0.05, 0.1) is 16.3 Å². The summed E-state index contributed by atoms with van der Waals surface area (Å²) in [6.07, 6.45) is 0. The third-order valence-corrected chi connectivity index (χ3v) is 5.95. The Kier molecular flexibility index (Phi) is 5.65. The van der Waals surface area contributed by atoms with Crippen LogP contribution in [0.25, 0.3) is 5.69 Å². The number of aromatic nitrogens is 2. The van der Waals surface area contributed by atoms with Crippen molar-refractivity contribution in [2.75, 3.05) is 0 Å². The second kappa shape index (κ2) is 7.98. The van der Waals surface area contributed by atoms with Gasteiger partial charge in [0.15, 0.2) is 0 Å². The second-order valence-electron chi connectivity index (χ2n) is 6.99. The molecule has 0 saturated heterocycles. The van der Waals surface area contributed by atoms with Crippen LogP contribution in [-0.2, 0) is 0 Å². The van der Waals surface area contributed by atoms with Crippen LogP contribution in [0.5, 0.6) is 0 Å². The summed E-state index contributed by atoms with van der Waals surface area (Å²) in [5, 5.41) is 0.903. The van der Waals surface area contributed by atoms with Gasteiger partial charge in [-0.3, -0.25) is 20.4 Å². The molecule has 3 aromatic rings. The van der Waals surface area contributed by atoms with Crippen molar-refractivity contribution in [3.05, 3.63) is 68.9 Å². The highest BCUT2D eigenvalue weighted by molar-refractivity contribution is 7.13. The molecule has 0 fully saturated rings. The van der Waals surface area contributed by atoms with Crippen LogP contribution in [0.2, 0.25) is 0 Å². The number of carbonyl (C=O) groups is 2. The fourth-order valence-electron chi connectivity index (χ4n) is 3.08. The van der Waals surface area contributed by atoms with Crippen LogP contribution in [-0.4, -0.2) is 21.4 Å². The largest absolute Gasteiger partial charge is 0.318 e. The second-order valence-corrected chi connectivity index (χ2v) is 8.02. The number of carbonyl (C=O) groups excluding carboxylic acids is 2. The average Bonchev–Trinajstić information content (AvgIpc) is 3.20. The number of hydrazine groups is 1. The SMILES string of the molecule is Cc1nc(C(C)C)sc1C(=O)NNC(=O)c1cc(C)n(-c2ccccc2)c1C. The summed E-state index contributed by atoms with van der Waals surface area (Å²) in [4.78, 5) is 30.0. The maximum Gasteiger partial charge on any atom is 0.281 e. The summed E-state index contributed by atoms with van der Waals surface area (Å²) < 4.78 is 2.01. The van der Waals surface area contributed by atoms with Crippen molar-refractivity contribution in [1.82, 2.24) is 20.4 Å². The third kappa shape index (κ3) is 3.84. The summed E-state index contributed by atoms with van der Waals surface area (Å²) in [5.41, 5.74) is 8.96. The van der Waals surface area contributed by atoms with E-state index in [0.717, 1.165) is 22.1 Å². The number of thiazole rings is 1. The maximum absolute atomic E-state index is 12.6. The van der Waals surface area contributed by atoms with E-state index in [4.69, 9.17) is 0 Å². The lowest BCUT2D eigenvalue weighted by molar-refractivity contribution is 0.0848. The molecule has 0 atom stereocenters. The van der Waals surface area contributed by atoms with Crippen molar-refractivity contribution in [1.29, 1.82) is 0 Å². The molecule has 2 N–H and O–H groups in total. The zero-order valence-corrected chi connectivity index (χ0v) is 17.5. The van der Waals surface area contributed by atoms with Gasteiger partial charge < -0.3 is 4.57 Å². The number of hydrogen-bond acceptors (Lipinski definition) is 4. The fourth-order valence-corrected chi connectivity index (χ4v) is 4.04. The van der Waals surface area contributed by atoms with Gasteiger partial charge in [0, 0.05) is 23.0 Å². The van der Waals surface area contributed by atoms with Crippen molar-refractivity contribution in [2.45, 2.75) is 40.5 Å². The number of nitrogens with one attached hydrogen (secondary N) is 2. The fraction of sp³-hybridized carbons (Fsp3) is 0.286. The standard InChI is InChI=1S/C21H24N4O2S/c1-12(2)21-22-14(4)18(28-21)20(27)24-23-19(26)17-11-13(3)25(15(17)5)16-9-7-6-8-10-16/h6-12H,1-5H3,(H,23,26)(H,24,27). The Balaban J connectivity index is 1.75.